The Morgan fingerprint density at radius 1 is 0.880 bits per heavy atom. The number of hydrogen-bond acceptors (Lipinski definition) is 4. The van der Waals surface area contributed by atoms with Gasteiger partial charge in [0.05, 0.1) is 21.3 Å². The van der Waals surface area contributed by atoms with E-state index in [1.165, 1.54) is 5.56 Å². The van der Waals surface area contributed by atoms with Crippen molar-refractivity contribution >= 4 is 11.0 Å². The number of fused-ring (bicyclic) bond motifs is 1. The minimum Gasteiger partial charge on any atom is -0.493 e. The summed E-state index contributed by atoms with van der Waals surface area (Å²) in [5.74, 6) is 2.97. The van der Waals surface area contributed by atoms with Crippen molar-refractivity contribution in [2.24, 2.45) is 0 Å². The fourth-order valence-electron chi connectivity index (χ4n) is 3.18. The molecule has 4 nitrogen and oxygen atoms in total. The molecule has 0 bridgehead atoms. The summed E-state index contributed by atoms with van der Waals surface area (Å²) in [6.07, 6.45) is 2.11. The van der Waals surface area contributed by atoms with Gasteiger partial charge in [0.2, 0.25) is 0 Å². The molecule has 0 unspecified atom stereocenters. The third-order valence-corrected chi connectivity index (χ3v) is 4.47. The van der Waals surface area contributed by atoms with Crippen molar-refractivity contribution in [1.29, 1.82) is 0 Å². The molecule has 0 spiro atoms. The van der Waals surface area contributed by atoms with E-state index in [0.29, 0.717) is 11.5 Å². The molecule has 3 aromatic rings. The first-order chi connectivity index (χ1) is 12.1. The van der Waals surface area contributed by atoms with Crippen molar-refractivity contribution in [3.8, 4) is 28.6 Å². The van der Waals surface area contributed by atoms with E-state index >= 15 is 0 Å². The summed E-state index contributed by atoms with van der Waals surface area (Å²) in [6.45, 7) is 4.25. The molecule has 132 valence electrons. The Balaban J connectivity index is 2.19. The normalized spacial score (nSPS) is 10.9. The summed E-state index contributed by atoms with van der Waals surface area (Å²) in [7, 11) is 4.94. The molecule has 0 saturated heterocycles. The third kappa shape index (κ3) is 3.04. The lowest BCUT2D eigenvalue weighted by Gasteiger charge is -2.08. The average molecular weight is 340 g/mol. The smallest absolute Gasteiger partial charge is 0.176 e. The highest BCUT2D eigenvalue weighted by Gasteiger charge is 2.18. The lowest BCUT2D eigenvalue weighted by molar-refractivity contribution is 0.355. The van der Waals surface area contributed by atoms with Crippen LogP contribution in [0.2, 0.25) is 0 Å². The molecule has 1 aromatic heterocycles. The summed E-state index contributed by atoms with van der Waals surface area (Å²) < 4.78 is 22.5. The Morgan fingerprint density at radius 2 is 1.60 bits per heavy atom. The van der Waals surface area contributed by atoms with Gasteiger partial charge in [-0.2, -0.15) is 0 Å². The second-order valence-electron chi connectivity index (χ2n) is 6.05. The lowest BCUT2D eigenvalue weighted by Crippen LogP contribution is -1.90. The van der Waals surface area contributed by atoms with Gasteiger partial charge in [0.15, 0.2) is 22.8 Å². The Bertz CT molecular complexity index is 893. The molecule has 0 aliphatic heterocycles. The molecule has 0 amide bonds. The van der Waals surface area contributed by atoms with Crippen LogP contribution in [0.1, 0.15) is 24.5 Å². The molecule has 1 heterocycles. The van der Waals surface area contributed by atoms with Gasteiger partial charge in [-0.05, 0) is 49.2 Å². The van der Waals surface area contributed by atoms with Gasteiger partial charge in [-0.25, -0.2) is 0 Å². The van der Waals surface area contributed by atoms with E-state index in [0.717, 1.165) is 46.4 Å². The summed E-state index contributed by atoms with van der Waals surface area (Å²) >= 11 is 0. The molecule has 0 saturated carbocycles. The molecular weight excluding hydrogens is 316 g/mol. The zero-order valence-corrected chi connectivity index (χ0v) is 15.4. The maximum absolute atomic E-state index is 6.19. The Morgan fingerprint density at radius 3 is 2.24 bits per heavy atom. The van der Waals surface area contributed by atoms with Crippen LogP contribution in [0.25, 0.3) is 22.3 Å². The predicted molar refractivity (Wildman–Crippen MR) is 100 cm³/mol. The Kier molecular flexibility index (Phi) is 4.88. The van der Waals surface area contributed by atoms with Crippen molar-refractivity contribution in [3.05, 3.63) is 41.5 Å². The molecule has 0 fully saturated rings. The van der Waals surface area contributed by atoms with Crippen molar-refractivity contribution in [2.45, 2.75) is 26.7 Å². The van der Waals surface area contributed by atoms with E-state index < -0.39 is 0 Å². The molecule has 4 heteroatoms. The van der Waals surface area contributed by atoms with E-state index in [1.807, 2.05) is 18.2 Å². The van der Waals surface area contributed by atoms with Gasteiger partial charge in [0.1, 0.15) is 5.76 Å². The highest BCUT2D eigenvalue weighted by atomic mass is 16.5. The summed E-state index contributed by atoms with van der Waals surface area (Å²) in [4.78, 5) is 0. The molecule has 0 N–H and O–H groups in total. The minimum absolute atomic E-state index is 0.679. The number of methoxy groups -OCH3 is 3. The summed E-state index contributed by atoms with van der Waals surface area (Å²) in [5, 5.41) is 1.09. The molecule has 0 aliphatic carbocycles. The number of rotatable bonds is 6. The zero-order chi connectivity index (χ0) is 18.0. The fraction of sp³-hybridized carbons (Fsp3) is 0.333. The van der Waals surface area contributed by atoms with Gasteiger partial charge < -0.3 is 18.6 Å². The fourth-order valence-corrected chi connectivity index (χ4v) is 3.18. The third-order valence-electron chi connectivity index (χ3n) is 4.47. The van der Waals surface area contributed by atoms with Crippen LogP contribution >= 0.6 is 0 Å². The van der Waals surface area contributed by atoms with Crippen molar-refractivity contribution in [2.75, 3.05) is 21.3 Å². The number of furan rings is 1. The zero-order valence-electron chi connectivity index (χ0n) is 15.4. The van der Waals surface area contributed by atoms with Gasteiger partial charge in [0, 0.05) is 16.5 Å². The maximum Gasteiger partial charge on any atom is 0.176 e. The number of benzene rings is 2. The number of aryl methyl sites for hydroxylation is 2. The van der Waals surface area contributed by atoms with Crippen molar-refractivity contribution in [3.63, 3.8) is 0 Å². The van der Waals surface area contributed by atoms with Crippen LogP contribution in [0.5, 0.6) is 17.2 Å². The highest BCUT2D eigenvalue weighted by Crippen LogP contribution is 2.40. The van der Waals surface area contributed by atoms with E-state index in [4.69, 9.17) is 18.6 Å². The van der Waals surface area contributed by atoms with Gasteiger partial charge in [-0.3, -0.25) is 0 Å². The van der Waals surface area contributed by atoms with Crippen molar-refractivity contribution in [1.82, 2.24) is 0 Å². The largest absolute Gasteiger partial charge is 0.493 e. The van der Waals surface area contributed by atoms with Gasteiger partial charge in [0.25, 0.3) is 0 Å². The molecular formula is C21H24O4. The van der Waals surface area contributed by atoms with Crippen LogP contribution in [-0.2, 0) is 6.42 Å². The minimum atomic E-state index is 0.679. The van der Waals surface area contributed by atoms with Crippen molar-refractivity contribution < 1.29 is 18.6 Å². The standard InChI is InChI=1S/C21H24O4/c1-6-7-14-10-16-13(2)20(25-21(16)19(11-14)24-5)15-8-9-17(22-3)18(12-15)23-4/h8-12H,6-7H2,1-5H3. The topological polar surface area (TPSA) is 40.8 Å². The SMILES string of the molecule is CCCc1cc(OC)c2oc(-c3ccc(OC)c(OC)c3)c(C)c2c1. The van der Waals surface area contributed by atoms with Crippen LogP contribution in [0, 0.1) is 6.92 Å². The Hall–Kier alpha value is -2.62. The van der Waals surface area contributed by atoms with Gasteiger partial charge in [-0.15, -0.1) is 0 Å². The van der Waals surface area contributed by atoms with E-state index in [1.54, 1.807) is 21.3 Å². The molecule has 0 atom stereocenters. The summed E-state index contributed by atoms with van der Waals surface area (Å²) in [5.41, 5.74) is 4.09. The lowest BCUT2D eigenvalue weighted by atomic mass is 10.0. The van der Waals surface area contributed by atoms with Crippen LogP contribution < -0.4 is 14.2 Å². The average Bonchev–Trinajstić information content (AvgIpc) is 2.97. The van der Waals surface area contributed by atoms with Crippen LogP contribution in [0.4, 0.5) is 0 Å². The maximum atomic E-state index is 6.19. The number of hydrogen-bond donors (Lipinski definition) is 0. The molecule has 0 radical (unpaired) electrons. The first kappa shape index (κ1) is 17.2. The molecule has 25 heavy (non-hydrogen) atoms. The van der Waals surface area contributed by atoms with E-state index in [-0.39, 0.29) is 0 Å². The van der Waals surface area contributed by atoms with Gasteiger partial charge >= 0.3 is 0 Å². The van der Waals surface area contributed by atoms with Crippen LogP contribution in [0.15, 0.2) is 34.7 Å². The summed E-state index contributed by atoms with van der Waals surface area (Å²) in [6, 6.07) is 10.1. The van der Waals surface area contributed by atoms with E-state index in [2.05, 4.69) is 26.0 Å². The Labute approximate surface area is 148 Å². The molecule has 3 rings (SSSR count). The molecule has 0 aliphatic rings. The second kappa shape index (κ2) is 7.09. The molecule has 2 aromatic carbocycles. The second-order valence-corrected chi connectivity index (χ2v) is 6.05. The predicted octanol–water partition coefficient (Wildman–Crippen LogP) is 5.39. The van der Waals surface area contributed by atoms with Crippen LogP contribution in [-0.4, -0.2) is 21.3 Å². The van der Waals surface area contributed by atoms with Crippen LogP contribution in [0.3, 0.4) is 0 Å². The monoisotopic (exact) mass is 340 g/mol. The number of ether oxygens (including phenoxy) is 3. The first-order valence-corrected chi connectivity index (χ1v) is 8.45. The first-order valence-electron chi connectivity index (χ1n) is 8.45. The highest BCUT2D eigenvalue weighted by molar-refractivity contribution is 5.92. The van der Waals surface area contributed by atoms with E-state index in [9.17, 15) is 0 Å². The quantitative estimate of drug-likeness (QED) is 0.603. The van der Waals surface area contributed by atoms with Gasteiger partial charge in [-0.1, -0.05) is 13.3 Å².